The number of carboxylic acid groups (broad SMARTS) is 1. The van der Waals surface area contributed by atoms with Crippen LogP contribution in [0.3, 0.4) is 0 Å². The Morgan fingerprint density at radius 2 is 1.51 bits per heavy atom. The van der Waals surface area contributed by atoms with E-state index in [2.05, 4.69) is 16.0 Å². The summed E-state index contributed by atoms with van der Waals surface area (Å²) in [5.41, 5.74) is 0.717. The standard InChI is InChI=1S/C26H25Cl2N3O4/c27-19-11-6-12-20(22(19)28)29-26(35)30-21-14-17-10-5-4-9-16(17)13-18(21)24(32)31-23(25(33)34)15-7-2-1-3-8-15/h4-6,9-15,23H,1-3,7-8H2,(H,31,32)(H,33,34)(H2,29,30,35)/t23-/m0/s1. The van der Waals surface area contributed by atoms with Crippen LogP contribution in [0.15, 0.2) is 54.6 Å². The Morgan fingerprint density at radius 1 is 0.857 bits per heavy atom. The Labute approximate surface area is 212 Å². The third kappa shape index (κ3) is 5.86. The van der Waals surface area contributed by atoms with Crippen molar-refractivity contribution in [1.82, 2.24) is 5.32 Å². The van der Waals surface area contributed by atoms with Crippen molar-refractivity contribution in [3.63, 3.8) is 0 Å². The molecule has 7 nitrogen and oxygen atoms in total. The number of hydrogen-bond acceptors (Lipinski definition) is 3. The molecule has 182 valence electrons. The summed E-state index contributed by atoms with van der Waals surface area (Å²) < 4.78 is 0. The Hall–Kier alpha value is -3.29. The van der Waals surface area contributed by atoms with Gasteiger partial charge < -0.3 is 21.1 Å². The fourth-order valence-electron chi connectivity index (χ4n) is 4.48. The summed E-state index contributed by atoms with van der Waals surface area (Å²) in [6.07, 6.45) is 4.46. The normalized spacial score (nSPS) is 14.8. The molecule has 1 saturated carbocycles. The van der Waals surface area contributed by atoms with Gasteiger partial charge in [0, 0.05) is 0 Å². The van der Waals surface area contributed by atoms with Crippen LogP contribution >= 0.6 is 23.2 Å². The molecule has 0 saturated heterocycles. The maximum atomic E-state index is 13.3. The monoisotopic (exact) mass is 513 g/mol. The average molecular weight is 514 g/mol. The number of carboxylic acids is 1. The van der Waals surface area contributed by atoms with Gasteiger partial charge in [-0.15, -0.1) is 0 Å². The maximum Gasteiger partial charge on any atom is 0.326 e. The van der Waals surface area contributed by atoms with Gasteiger partial charge in [-0.3, -0.25) is 4.79 Å². The van der Waals surface area contributed by atoms with Crippen molar-refractivity contribution in [3.05, 3.63) is 70.2 Å². The van der Waals surface area contributed by atoms with Crippen molar-refractivity contribution < 1.29 is 19.5 Å². The van der Waals surface area contributed by atoms with Gasteiger partial charge in [-0.05, 0) is 53.8 Å². The lowest BCUT2D eigenvalue weighted by atomic mass is 9.83. The van der Waals surface area contributed by atoms with E-state index in [0.29, 0.717) is 5.69 Å². The molecule has 0 aliphatic heterocycles. The molecule has 4 N–H and O–H groups in total. The molecule has 0 spiro atoms. The Bertz CT molecular complexity index is 1270. The number of aliphatic carboxylic acids is 1. The number of nitrogens with one attached hydrogen (secondary N) is 3. The summed E-state index contributed by atoms with van der Waals surface area (Å²) in [6, 6.07) is 13.9. The van der Waals surface area contributed by atoms with Gasteiger partial charge in [-0.1, -0.05) is 72.8 Å². The van der Waals surface area contributed by atoms with Crippen molar-refractivity contribution in [2.45, 2.75) is 38.1 Å². The van der Waals surface area contributed by atoms with Crippen LogP contribution in [-0.4, -0.2) is 29.1 Å². The molecule has 1 aliphatic carbocycles. The zero-order valence-electron chi connectivity index (χ0n) is 18.8. The number of benzene rings is 3. The minimum atomic E-state index is -1.06. The van der Waals surface area contributed by atoms with Gasteiger partial charge in [-0.2, -0.15) is 0 Å². The lowest BCUT2D eigenvalue weighted by molar-refractivity contribution is -0.141. The number of anilines is 2. The number of urea groups is 1. The number of hydrogen-bond donors (Lipinski definition) is 4. The molecule has 1 atom stereocenters. The number of amides is 3. The first kappa shape index (κ1) is 24.8. The molecule has 0 bridgehead atoms. The molecule has 0 unspecified atom stereocenters. The minimum Gasteiger partial charge on any atom is -0.480 e. The maximum absolute atomic E-state index is 13.3. The second kappa shape index (κ2) is 11.0. The summed E-state index contributed by atoms with van der Waals surface area (Å²) in [4.78, 5) is 38.1. The number of carbonyl (C=O) groups is 3. The highest BCUT2D eigenvalue weighted by atomic mass is 35.5. The average Bonchev–Trinajstić information content (AvgIpc) is 2.85. The zero-order chi connectivity index (χ0) is 24.9. The third-order valence-corrected chi connectivity index (χ3v) is 7.07. The summed E-state index contributed by atoms with van der Waals surface area (Å²) in [5, 5.41) is 19.9. The molecule has 35 heavy (non-hydrogen) atoms. The summed E-state index contributed by atoms with van der Waals surface area (Å²) >= 11 is 12.2. The number of carbonyl (C=O) groups excluding carboxylic acids is 2. The van der Waals surface area contributed by atoms with Gasteiger partial charge in [0.05, 0.1) is 27.0 Å². The van der Waals surface area contributed by atoms with Gasteiger partial charge in [0.2, 0.25) is 0 Å². The van der Waals surface area contributed by atoms with E-state index in [9.17, 15) is 19.5 Å². The van der Waals surface area contributed by atoms with Gasteiger partial charge in [0.1, 0.15) is 6.04 Å². The van der Waals surface area contributed by atoms with Crippen LogP contribution in [-0.2, 0) is 4.79 Å². The predicted molar refractivity (Wildman–Crippen MR) is 139 cm³/mol. The van der Waals surface area contributed by atoms with Crippen molar-refractivity contribution in [3.8, 4) is 0 Å². The molecule has 3 aromatic carbocycles. The smallest absolute Gasteiger partial charge is 0.326 e. The molecule has 9 heteroatoms. The van der Waals surface area contributed by atoms with Crippen molar-refractivity contribution in [2.75, 3.05) is 10.6 Å². The van der Waals surface area contributed by atoms with E-state index in [1.807, 2.05) is 24.3 Å². The topological polar surface area (TPSA) is 108 Å². The highest BCUT2D eigenvalue weighted by Gasteiger charge is 2.31. The van der Waals surface area contributed by atoms with Crippen LogP contribution in [0.25, 0.3) is 10.8 Å². The highest BCUT2D eigenvalue weighted by molar-refractivity contribution is 6.44. The highest BCUT2D eigenvalue weighted by Crippen LogP contribution is 2.31. The first-order valence-electron chi connectivity index (χ1n) is 11.4. The Kier molecular flexibility index (Phi) is 7.78. The molecule has 0 radical (unpaired) electrons. The SMILES string of the molecule is O=C(Nc1cc2ccccc2cc1C(=O)N[C@H](C(=O)O)C1CCCCC1)Nc1cccc(Cl)c1Cl. The van der Waals surface area contributed by atoms with Crippen molar-refractivity contribution in [1.29, 1.82) is 0 Å². The van der Waals surface area contributed by atoms with Gasteiger partial charge >= 0.3 is 12.0 Å². The molecule has 1 aliphatic rings. The lowest BCUT2D eigenvalue weighted by Crippen LogP contribution is -2.46. The quantitative estimate of drug-likeness (QED) is 0.299. The third-order valence-electron chi connectivity index (χ3n) is 6.25. The first-order chi connectivity index (χ1) is 16.8. The fraction of sp³-hybridized carbons (Fsp3) is 0.269. The second-order valence-corrected chi connectivity index (χ2v) is 9.40. The van der Waals surface area contributed by atoms with Gasteiger partial charge in [-0.25, -0.2) is 9.59 Å². The molecule has 4 rings (SSSR count). The molecule has 0 aromatic heterocycles. The largest absolute Gasteiger partial charge is 0.480 e. The van der Waals surface area contributed by atoms with Crippen LogP contribution in [0, 0.1) is 5.92 Å². The lowest BCUT2D eigenvalue weighted by Gasteiger charge is -2.28. The first-order valence-corrected chi connectivity index (χ1v) is 12.2. The van der Waals surface area contributed by atoms with E-state index >= 15 is 0 Å². The van der Waals surface area contributed by atoms with Crippen LogP contribution in [0.1, 0.15) is 42.5 Å². The zero-order valence-corrected chi connectivity index (χ0v) is 20.3. The van der Waals surface area contributed by atoms with Gasteiger partial charge in [0.25, 0.3) is 5.91 Å². The fourth-order valence-corrected chi connectivity index (χ4v) is 4.82. The molecule has 3 aromatic rings. The van der Waals surface area contributed by atoms with E-state index in [1.165, 1.54) is 0 Å². The Morgan fingerprint density at radius 3 is 2.20 bits per heavy atom. The van der Waals surface area contributed by atoms with Crippen molar-refractivity contribution in [2.24, 2.45) is 5.92 Å². The van der Waals surface area contributed by atoms with E-state index in [-0.39, 0.29) is 27.2 Å². The predicted octanol–water partition coefficient (Wildman–Crippen LogP) is 6.55. The summed E-state index contributed by atoms with van der Waals surface area (Å²) in [5.74, 6) is -1.76. The van der Waals surface area contributed by atoms with Crippen LogP contribution < -0.4 is 16.0 Å². The molecular formula is C26H25Cl2N3O4. The molecule has 0 heterocycles. The van der Waals surface area contributed by atoms with Crippen LogP contribution in [0.2, 0.25) is 10.0 Å². The van der Waals surface area contributed by atoms with Gasteiger partial charge in [0.15, 0.2) is 0 Å². The minimum absolute atomic E-state index is 0.129. The molecule has 1 fully saturated rings. The van der Waals surface area contributed by atoms with E-state index in [0.717, 1.165) is 42.9 Å². The Balaban J connectivity index is 1.62. The number of fused-ring (bicyclic) bond motifs is 1. The summed E-state index contributed by atoms with van der Waals surface area (Å²) in [7, 11) is 0. The second-order valence-electron chi connectivity index (χ2n) is 8.61. The molecule has 3 amide bonds. The van der Waals surface area contributed by atoms with E-state index in [1.54, 1.807) is 30.3 Å². The number of rotatable bonds is 6. The van der Waals surface area contributed by atoms with E-state index < -0.39 is 23.9 Å². The van der Waals surface area contributed by atoms with Crippen LogP contribution in [0.4, 0.5) is 16.2 Å². The summed E-state index contributed by atoms with van der Waals surface area (Å²) in [6.45, 7) is 0. The molecular weight excluding hydrogens is 489 g/mol. The number of halogens is 2. The van der Waals surface area contributed by atoms with Crippen LogP contribution in [0.5, 0.6) is 0 Å². The van der Waals surface area contributed by atoms with Crippen molar-refractivity contribution >= 4 is 63.3 Å². The van der Waals surface area contributed by atoms with E-state index in [4.69, 9.17) is 23.2 Å².